The third-order valence-electron chi connectivity index (χ3n) is 7.48. The standard InChI is InChI=1S/C31H30N6O3/c1-20-15-23(16-21(2)29(20)40-18-22-7-4-3-5-8-22)28(38)25-17-27(34-19-33-25)36-13-10-24(11-14-36)37-26-9-6-12-32-30(26)35-31(37)39/h3-9,12,15-17,19,24H,10-11,13-14,18H2,1-2H3,(H,32,35,39). The van der Waals surface area contributed by atoms with E-state index in [0.717, 1.165) is 40.8 Å². The van der Waals surface area contributed by atoms with Crippen molar-refractivity contribution in [3.8, 4) is 5.75 Å². The van der Waals surface area contributed by atoms with Gasteiger partial charge in [0.2, 0.25) is 5.78 Å². The fraction of sp³-hybridized carbons (Fsp3) is 0.258. The lowest BCUT2D eigenvalue weighted by atomic mass is 10.0. The lowest BCUT2D eigenvalue weighted by molar-refractivity contribution is 0.103. The number of carbonyl (C=O) groups is 1. The van der Waals surface area contributed by atoms with Crippen LogP contribution >= 0.6 is 0 Å². The van der Waals surface area contributed by atoms with Crippen LogP contribution in [0.2, 0.25) is 0 Å². The number of nitrogens with zero attached hydrogens (tertiary/aromatic N) is 5. The van der Waals surface area contributed by atoms with Crippen LogP contribution in [-0.4, -0.2) is 43.4 Å². The molecule has 4 heterocycles. The van der Waals surface area contributed by atoms with E-state index >= 15 is 0 Å². The van der Waals surface area contributed by atoms with Gasteiger partial charge in [0, 0.05) is 37.0 Å². The van der Waals surface area contributed by atoms with E-state index in [1.165, 1.54) is 6.33 Å². The van der Waals surface area contributed by atoms with Gasteiger partial charge < -0.3 is 9.64 Å². The van der Waals surface area contributed by atoms with Crippen molar-refractivity contribution in [1.82, 2.24) is 24.5 Å². The van der Waals surface area contributed by atoms with E-state index in [-0.39, 0.29) is 17.5 Å². The molecule has 9 nitrogen and oxygen atoms in total. The highest BCUT2D eigenvalue weighted by molar-refractivity contribution is 6.08. The Labute approximate surface area is 231 Å². The second-order valence-corrected chi connectivity index (χ2v) is 10.2. The molecule has 0 amide bonds. The lowest BCUT2D eigenvalue weighted by Crippen LogP contribution is -2.37. The molecule has 1 fully saturated rings. The number of nitrogens with one attached hydrogen (secondary N) is 1. The highest BCUT2D eigenvalue weighted by atomic mass is 16.5. The second-order valence-electron chi connectivity index (χ2n) is 10.2. The van der Waals surface area contributed by atoms with Crippen molar-refractivity contribution in [2.45, 2.75) is 39.3 Å². The Morgan fingerprint density at radius 3 is 2.48 bits per heavy atom. The van der Waals surface area contributed by atoms with Gasteiger partial charge in [0.05, 0.1) is 5.52 Å². The monoisotopic (exact) mass is 534 g/mol. The number of aromatic nitrogens is 5. The summed E-state index contributed by atoms with van der Waals surface area (Å²) < 4.78 is 7.90. The highest BCUT2D eigenvalue weighted by Gasteiger charge is 2.25. The van der Waals surface area contributed by atoms with Crippen molar-refractivity contribution in [3.05, 3.63) is 112 Å². The molecular weight excluding hydrogens is 504 g/mol. The third-order valence-corrected chi connectivity index (χ3v) is 7.48. The summed E-state index contributed by atoms with van der Waals surface area (Å²) in [7, 11) is 0. The Bertz CT molecular complexity index is 1710. The Morgan fingerprint density at radius 2 is 1.73 bits per heavy atom. The zero-order valence-electron chi connectivity index (χ0n) is 22.5. The molecule has 1 saturated heterocycles. The average molecular weight is 535 g/mol. The number of anilines is 1. The lowest BCUT2D eigenvalue weighted by Gasteiger charge is -2.33. The van der Waals surface area contributed by atoms with Gasteiger partial charge in [0.15, 0.2) is 5.65 Å². The summed E-state index contributed by atoms with van der Waals surface area (Å²) in [4.78, 5) is 44.1. The van der Waals surface area contributed by atoms with E-state index in [9.17, 15) is 9.59 Å². The van der Waals surface area contributed by atoms with Gasteiger partial charge in [-0.1, -0.05) is 30.3 Å². The normalized spacial score (nSPS) is 14.0. The first-order valence-electron chi connectivity index (χ1n) is 13.4. The van der Waals surface area contributed by atoms with Crippen molar-refractivity contribution >= 4 is 22.8 Å². The number of hydrogen-bond acceptors (Lipinski definition) is 7. The molecule has 0 saturated carbocycles. The summed E-state index contributed by atoms with van der Waals surface area (Å²) in [6.07, 6.45) is 4.67. The van der Waals surface area contributed by atoms with Crippen LogP contribution in [0.4, 0.5) is 5.82 Å². The van der Waals surface area contributed by atoms with Crippen LogP contribution in [0.25, 0.3) is 11.2 Å². The largest absolute Gasteiger partial charge is 0.488 e. The van der Waals surface area contributed by atoms with Crippen LogP contribution in [0.3, 0.4) is 0 Å². The third kappa shape index (κ3) is 4.98. The minimum absolute atomic E-state index is 0.0678. The fourth-order valence-corrected chi connectivity index (χ4v) is 5.50. The van der Waals surface area contributed by atoms with Gasteiger partial charge in [0.1, 0.15) is 30.2 Å². The van der Waals surface area contributed by atoms with Crippen LogP contribution in [0, 0.1) is 13.8 Å². The first-order valence-corrected chi connectivity index (χ1v) is 13.4. The van der Waals surface area contributed by atoms with E-state index in [1.54, 1.807) is 12.3 Å². The Hall–Kier alpha value is -4.79. The predicted molar refractivity (Wildman–Crippen MR) is 153 cm³/mol. The summed E-state index contributed by atoms with van der Waals surface area (Å²) in [6.45, 7) is 5.79. The number of benzene rings is 2. The molecule has 202 valence electrons. The Kier molecular flexibility index (Phi) is 6.86. The van der Waals surface area contributed by atoms with E-state index in [4.69, 9.17) is 4.74 Å². The van der Waals surface area contributed by atoms with Crippen molar-refractivity contribution in [2.75, 3.05) is 18.0 Å². The van der Waals surface area contributed by atoms with Crippen molar-refractivity contribution in [3.63, 3.8) is 0 Å². The van der Waals surface area contributed by atoms with Gasteiger partial charge in [-0.15, -0.1) is 0 Å². The SMILES string of the molecule is Cc1cc(C(=O)c2cc(N3CCC(n4c(=O)[nH]c5ncccc54)CC3)ncn2)cc(C)c1OCc1ccccc1. The van der Waals surface area contributed by atoms with Crippen molar-refractivity contribution in [1.29, 1.82) is 0 Å². The average Bonchev–Trinajstić information content (AvgIpc) is 3.32. The highest BCUT2D eigenvalue weighted by Crippen LogP contribution is 2.29. The molecule has 1 aliphatic heterocycles. The number of imidazole rings is 1. The zero-order chi connectivity index (χ0) is 27.6. The van der Waals surface area contributed by atoms with Crippen LogP contribution in [0.1, 0.15) is 51.6 Å². The number of rotatable bonds is 7. The summed E-state index contributed by atoms with van der Waals surface area (Å²) in [6, 6.07) is 19.3. The molecule has 5 aromatic rings. The fourth-order valence-electron chi connectivity index (χ4n) is 5.50. The molecule has 40 heavy (non-hydrogen) atoms. The molecular formula is C31H30N6O3. The molecule has 0 radical (unpaired) electrons. The number of ether oxygens (including phenoxy) is 1. The van der Waals surface area contributed by atoms with E-state index in [2.05, 4.69) is 24.8 Å². The molecule has 0 spiro atoms. The first-order chi connectivity index (χ1) is 19.5. The smallest absolute Gasteiger partial charge is 0.327 e. The molecule has 0 aliphatic carbocycles. The summed E-state index contributed by atoms with van der Waals surface area (Å²) in [5.41, 5.74) is 5.10. The van der Waals surface area contributed by atoms with Crippen molar-refractivity contribution in [2.24, 2.45) is 0 Å². The summed E-state index contributed by atoms with van der Waals surface area (Å²) in [5, 5.41) is 0. The number of ketones is 1. The maximum atomic E-state index is 13.4. The van der Waals surface area contributed by atoms with E-state index < -0.39 is 0 Å². The molecule has 0 unspecified atom stereocenters. The molecule has 2 aromatic carbocycles. The molecule has 0 atom stereocenters. The number of pyridine rings is 1. The van der Waals surface area contributed by atoms with Crippen molar-refractivity contribution < 1.29 is 9.53 Å². The molecule has 1 aliphatic rings. The maximum Gasteiger partial charge on any atom is 0.327 e. The number of aryl methyl sites for hydroxylation is 2. The van der Waals surface area contributed by atoms with Gasteiger partial charge in [-0.25, -0.2) is 19.7 Å². The molecule has 1 N–H and O–H groups in total. The minimum atomic E-state index is -0.155. The Balaban J connectivity index is 1.15. The number of carbonyl (C=O) groups excluding carboxylic acids is 1. The van der Waals surface area contributed by atoms with Crippen LogP contribution in [0.15, 0.2) is 78.0 Å². The zero-order valence-corrected chi connectivity index (χ0v) is 22.5. The van der Waals surface area contributed by atoms with Gasteiger partial charge in [-0.05, 0) is 67.6 Å². The van der Waals surface area contributed by atoms with Gasteiger partial charge in [0.25, 0.3) is 0 Å². The number of fused-ring (bicyclic) bond motifs is 1. The van der Waals surface area contributed by atoms with Gasteiger partial charge in [-0.2, -0.15) is 0 Å². The van der Waals surface area contributed by atoms with E-state index in [1.807, 2.05) is 73.0 Å². The molecule has 9 heteroatoms. The molecule has 3 aromatic heterocycles. The summed E-state index contributed by atoms with van der Waals surface area (Å²) in [5.74, 6) is 1.34. The Morgan fingerprint density at radius 1 is 0.975 bits per heavy atom. The number of H-pyrrole nitrogens is 1. The first kappa shape index (κ1) is 25.5. The van der Waals surface area contributed by atoms with Crippen LogP contribution < -0.4 is 15.3 Å². The maximum absolute atomic E-state index is 13.4. The van der Waals surface area contributed by atoms with Crippen LogP contribution in [-0.2, 0) is 6.61 Å². The summed E-state index contributed by atoms with van der Waals surface area (Å²) >= 11 is 0. The number of hydrogen-bond donors (Lipinski definition) is 1. The quantitative estimate of drug-likeness (QED) is 0.300. The van der Waals surface area contributed by atoms with Crippen LogP contribution in [0.5, 0.6) is 5.75 Å². The van der Waals surface area contributed by atoms with Gasteiger partial charge in [-0.3, -0.25) is 14.3 Å². The second kappa shape index (κ2) is 10.8. The minimum Gasteiger partial charge on any atom is -0.488 e. The topological polar surface area (TPSA) is 106 Å². The van der Waals surface area contributed by atoms with Gasteiger partial charge >= 0.3 is 5.69 Å². The molecule has 0 bridgehead atoms. The number of piperidine rings is 1. The van der Waals surface area contributed by atoms with E-state index in [0.29, 0.717) is 42.4 Å². The number of aromatic amines is 1. The predicted octanol–water partition coefficient (Wildman–Crippen LogP) is 4.78. The molecule has 6 rings (SSSR count).